The van der Waals surface area contributed by atoms with Gasteiger partial charge in [0.15, 0.2) is 0 Å². The lowest BCUT2D eigenvalue weighted by Crippen LogP contribution is -1.99. The number of nitrogens with zero attached hydrogens (tertiary/aromatic N) is 2. The fourth-order valence-electron chi connectivity index (χ4n) is 1.73. The quantitative estimate of drug-likeness (QED) is 0.627. The van der Waals surface area contributed by atoms with Crippen molar-refractivity contribution >= 4 is 23.6 Å². The highest BCUT2D eigenvalue weighted by Crippen LogP contribution is 2.19. The molecule has 0 N–H and O–H groups in total. The van der Waals surface area contributed by atoms with Gasteiger partial charge in [0.25, 0.3) is 0 Å². The van der Waals surface area contributed by atoms with Gasteiger partial charge >= 0.3 is 5.97 Å². The zero-order valence-electron chi connectivity index (χ0n) is 11.1. The van der Waals surface area contributed by atoms with Crippen LogP contribution in [0.2, 0.25) is 5.02 Å². The molecule has 0 radical (unpaired) electrons. The normalized spacial score (nSPS) is 10.9. The Kier molecular flexibility index (Phi) is 4.96. The van der Waals surface area contributed by atoms with Gasteiger partial charge in [-0.1, -0.05) is 23.7 Å². The number of hydrogen-bond acceptors (Lipinski definition) is 3. The van der Waals surface area contributed by atoms with Crippen molar-refractivity contribution in [2.75, 3.05) is 6.61 Å². The number of benzene rings is 1. The highest BCUT2D eigenvalue weighted by molar-refractivity contribution is 6.31. The van der Waals surface area contributed by atoms with Crippen LogP contribution in [0.15, 0.2) is 43.0 Å². The number of imidazole rings is 1. The van der Waals surface area contributed by atoms with E-state index in [2.05, 4.69) is 4.98 Å². The van der Waals surface area contributed by atoms with Gasteiger partial charge in [0, 0.05) is 30.0 Å². The molecule has 1 aromatic heterocycles. The summed E-state index contributed by atoms with van der Waals surface area (Å²) in [4.78, 5) is 15.2. The van der Waals surface area contributed by atoms with E-state index in [-0.39, 0.29) is 5.97 Å². The molecule has 0 fully saturated rings. The monoisotopic (exact) mass is 290 g/mol. The first-order valence-corrected chi connectivity index (χ1v) is 6.66. The van der Waals surface area contributed by atoms with E-state index >= 15 is 0 Å². The van der Waals surface area contributed by atoms with Crippen LogP contribution < -0.4 is 0 Å². The third-order valence-electron chi connectivity index (χ3n) is 2.69. The van der Waals surface area contributed by atoms with Gasteiger partial charge in [-0.25, -0.2) is 9.78 Å². The van der Waals surface area contributed by atoms with E-state index < -0.39 is 0 Å². The number of hydrogen-bond donors (Lipinski definition) is 0. The van der Waals surface area contributed by atoms with Gasteiger partial charge in [0.2, 0.25) is 0 Å². The van der Waals surface area contributed by atoms with Crippen molar-refractivity contribution in [3.63, 3.8) is 0 Å². The molecule has 0 unspecified atom stereocenters. The number of carbonyl (C=O) groups excluding carboxylic acids is 1. The highest BCUT2D eigenvalue weighted by atomic mass is 35.5. The Morgan fingerprint density at radius 1 is 1.50 bits per heavy atom. The molecule has 5 heteroatoms. The second kappa shape index (κ2) is 6.91. The number of rotatable bonds is 5. The van der Waals surface area contributed by atoms with Crippen LogP contribution in [0.3, 0.4) is 0 Å². The fourth-order valence-corrected chi connectivity index (χ4v) is 1.98. The Morgan fingerprint density at radius 3 is 3.00 bits per heavy atom. The lowest BCUT2D eigenvalue weighted by atomic mass is 10.1. The maximum absolute atomic E-state index is 11.2. The average Bonchev–Trinajstić information content (AvgIpc) is 2.92. The van der Waals surface area contributed by atoms with E-state index in [9.17, 15) is 4.79 Å². The van der Waals surface area contributed by atoms with E-state index in [1.165, 1.54) is 6.08 Å². The Balaban J connectivity index is 2.07. The van der Waals surface area contributed by atoms with Gasteiger partial charge < -0.3 is 9.30 Å². The van der Waals surface area contributed by atoms with Crippen LogP contribution in [0.25, 0.3) is 6.08 Å². The minimum atomic E-state index is -0.355. The van der Waals surface area contributed by atoms with Crippen LogP contribution in [-0.2, 0) is 16.1 Å². The van der Waals surface area contributed by atoms with Crippen LogP contribution in [-0.4, -0.2) is 22.1 Å². The fraction of sp³-hybridized carbons (Fsp3) is 0.200. The molecular formula is C15H15ClN2O2. The maximum atomic E-state index is 11.2. The Bertz CT molecular complexity index is 606. The summed E-state index contributed by atoms with van der Waals surface area (Å²) in [6, 6.07) is 5.67. The molecule has 104 valence electrons. The molecule has 0 saturated heterocycles. The van der Waals surface area contributed by atoms with Gasteiger partial charge in [-0.15, -0.1) is 0 Å². The van der Waals surface area contributed by atoms with E-state index in [4.69, 9.17) is 16.3 Å². The summed E-state index contributed by atoms with van der Waals surface area (Å²) in [6.07, 6.45) is 8.43. The molecule has 2 rings (SSSR count). The van der Waals surface area contributed by atoms with E-state index in [0.29, 0.717) is 18.2 Å². The molecule has 0 atom stereocenters. The van der Waals surface area contributed by atoms with Crippen LogP contribution in [0.5, 0.6) is 0 Å². The lowest BCUT2D eigenvalue weighted by molar-refractivity contribution is -0.137. The van der Waals surface area contributed by atoms with Gasteiger partial charge in [-0.05, 0) is 30.2 Å². The topological polar surface area (TPSA) is 44.1 Å². The van der Waals surface area contributed by atoms with Crippen LogP contribution in [0.1, 0.15) is 18.1 Å². The second-order valence-corrected chi connectivity index (χ2v) is 4.58. The summed E-state index contributed by atoms with van der Waals surface area (Å²) in [5, 5.41) is 0.657. The molecule has 1 aromatic carbocycles. The minimum Gasteiger partial charge on any atom is -0.463 e. The van der Waals surface area contributed by atoms with Crippen molar-refractivity contribution in [1.82, 2.24) is 9.55 Å². The summed E-state index contributed by atoms with van der Waals surface area (Å²) >= 11 is 6.24. The molecule has 0 spiro atoms. The molecule has 1 heterocycles. The zero-order chi connectivity index (χ0) is 14.4. The van der Waals surface area contributed by atoms with Crippen molar-refractivity contribution < 1.29 is 9.53 Å². The average molecular weight is 291 g/mol. The van der Waals surface area contributed by atoms with Crippen LogP contribution in [0, 0.1) is 0 Å². The predicted octanol–water partition coefficient (Wildman–Crippen LogP) is 3.16. The van der Waals surface area contributed by atoms with Crippen molar-refractivity contribution in [1.29, 1.82) is 0 Å². The largest absolute Gasteiger partial charge is 0.463 e. The van der Waals surface area contributed by atoms with Gasteiger partial charge in [-0.3, -0.25) is 0 Å². The third-order valence-corrected chi connectivity index (χ3v) is 3.04. The van der Waals surface area contributed by atoms with Crippen molar-refractivity contribution in [2.24, 2.45) is 0 Å². The first-order chi connectivity index (χ1) is 9.69. The summed E-state index contributed by atoms with van der Waals surface area (Å²) in [7, 11) is 0. The smallest absolute Gasteiger partial charge is 0.330 e. The first kappa shape index (κ1) is 14.3. The summed E-state index contributed by atoms with van der Waals surface area (Å²) in [5.74, 6) is -0.355. The molecule has 0 aliphatic heterocycles. The van der Waals surface area contributed by atoms with E-state index in [0.717, 1.165) is 11.1 Å². The molecule has 0 aliphatic rings. The van der Waals surface area contributed by atoms with Crippen molar-refractivity contribution in [2.45, 2.75) is 13.5 Å². The highest BCUT2D eigenvalue weighted by Gasteiger charge is 2.02. The number of halogens is 1. The van der Waals surface area contributed by atoms with E-state index in [1.54, 1.807) is 25.5 Å². The molecule has 0 aliphatic carbocycles. The third kappa shape index (κ3) is 3.96. The summed E-state index contributed by atoms with van der Waals surface area (Å²) in [5.41, 5.74) is 1.86. The van der Waals surface area contributed by atoms with Gasteiger partial charge in [-0.2, -0.15) is 0 Å². The number of aromatic nitrogens is 2. The predicted molar refractivity (Wildman–Crippen MR) is 78.4 cm³/mol. The lowest BCUT2D eigenvalue weighted by Gasteiger charge is -2.06. The molecule has 4 nitrogen and oxygen atoms in total. The molecule has 2 aromatic rings. The summed E-state index contributed by atoms with van der Waals surface area (Å²) < 4.78 is 6.76. The summed E-state index contributed by atoms with van der Waals surface area (Å²) in [6.45, 7) is 2.81. The molecule has 0 amide bonds. The molecular weight excluding hydrogens is 276 g/mol. The number of ether oxygens (including phenoxy) is 1. The molecule has 0 bridgehead atoms. The Hall–Kier alpha value is -2.07. The standard InChI is InChI=1S/C15H15ClN2O2/c1-2-20-15(19)6-4-12-3-5-13(14(16)9-12)10-18-8-7-17-11-18/h3-9,11H,2,10H2,1H3/b6-4+. The Morgan fingerprint density at radius 2 is 2.35 bits per heavy atom. The molecule has 20 heavy (non-hydrogen) atoms. The van der Waals surface area contributed by atoms with Crippen LogP contribution >= 0.6 is 11.6 Å². The number of esters is 1. The van der Waals surface area contributed by atoms with Crippen molar-refractivity contribution in [3.8, 4) is 0 Å². The number of carbonyl (C=O) groups is 1. The molecule has 0 saturated carbocycles. The van der Waals surface area contributed by atoms with Crippen LogP contribution in [0.4, 0.5) is 0 Å². The SMILES string of the molecule is CCOC(=O)/C=C/c1ccc(Cn2ccnc2)c(Cl)c1. The Labute approximate surface area is 122 Å². The van der Waals surface area contributed by atoms with Crippen molar-refractivity contribution in [3.05, 3.63) is 59.1 Å². The first-order valence-electron chi connectivity index (χ1n) is 6.28. The van der Waals surface area contributed by atoms with E-state index in [1.807, 2.05) is 29.0 Å². The maximum Gasteiger partial charge on any atom is 0.330 e. The zero-order valence-corrected chi connectivity index (χ0v) is 11.9. The second-order valence-electron chi connectivity index (χ2n) is 4.17. The minimum absolute atomic E-state index is 0.355. The van der Waals surface area contributed by atoms with Gasteiger partial charge in [0.05, 0.1) is 12.9 Å². The van der Waals surface area contributed by atoms with Gasteiger partial charge in [0.1, 0.15) is 0 Å².